The molecule has 8 heteroatoms. The van der Waals surface area contributed by atoms with Gasteiger partial charge in [0.15, 0.2) is 11.2 Å². The highest BCUT2D eigenvalue weighted by Crippen LogP contribution is 2.21. The summed E-state index contributed by atoms with van der Waals surface area (Å²) in [6.45, 7) is 2.17. The van der Waals surface area contributed by atoms with Crippen molar-refractivity contribution in [1.82, 2.24) is 10.2 Å². The van der Waals surface area contributed by atoms with Gasteiger partial charge in [0.25, 0.3) is 5.91 Å². The molecule has 27 heavy (non-hydrogen) atoms. The van der Waals surface area contributed by atoms with Crippen molar-refractivity contribution in [2.75, 3.05) is 20.6 Å². The molecular formula is C19H20Cl2N2O4. The normalized spacial score (nSPS) is 12.0. The molecule has 3 rings (SSSR count). The lowest BCUT2D eigenvalue weighted by Gasteiger charge is -2.22. The van der Waals surface area contributed by atoms with Crippen molar-refractivity contribution >= 4 is 40.9 Å². The summed E-state index contributed by atoms with van der Waals surface area (Å²) in [5.41, 5.74) is 0.00240. The van der Waals surface area contributed by atoms with E-state index in [1.807, 2.05) is 38.1 Å². The Bertz CT molecular complexity index is 1010. The molecule has 0 saturated carbocycles. The number of nitrogens with one attached hydrogen (secondary N) is 1. The van der Waals surface area contributed by atoms with E-state index < -0.39 is 5.91 Å². The Labute approximate surface area is 167 Å². The van der Waals surface area contributed by atoms with Crippen molar-refractivity contribution in [1.29, 1.82) is 0 Å². The summed E-state index contributed by atoms with van der Waals surface area (Å²) in [6, 6.07) is 9.49. The molecule has 1 aromatic carbocycles. The molecule has 0 aliphatic rings. The number of amides is 1. The van der Waals surface area contributed by atoms with Gasteiger partial charge in [0.05, 0.1) is 11.4 Å². The third-order valence-corrected chi connectivity index (χ3v) is 4.32. The van der Waals surface area contributed by atoms with Gasteiger partial charge in [0, 0.05) is 17.6 Å². The number of hydrogen-bond acceptors (Lipinski definition) is 5. The van der Waals surface area contributed by atoms with Crippen LogP contribution in [0.1, 0.15) is 28.1 Å². The molecule has 0 fully saturated rings. The fourth-order valence-corrected chi connectivity index (χ4v) is 2.86. The van der Waals surface area contributed by atoms with Gasteiger partial charge in [-0.15, -0.1) is 12.4 Å². The van der Waals surface area contributed by atoms with E-state index in [9.17, 15) is 9.59 Å². The Balaban J connectivity index is 0.00000261. The summed E-state index contributed by atoms with van der Waals surface area (Å²) in [7, 11) is 3.79. The van der Waals surface area contributed by atoms with Crippen molar-refractivity contribution in [3.63, 3.8) is 0 Å². The minimum atomic E-state index is -0.464. The second kappa shape index (κ2) is 8.61. The van der Waals surface area contributed by atoms with E-state index in [1.54, 1.807) is 12.1 Å². The lowest BCUT2D eigenvalue weighted by Crippen LogP contribution is -2.34. The first-order valence-corrected chi connectivity index (χ1v) is 8.47. The number of likely N-dealkylation sites (N-methyl/N-ethyl adjacent to an activating group) is 1. The summed E-state index contributed by atoms with van der Waals surface area (Å²) in [6.07, 6.45) is 0. The topological polar surface area (TPSA) is 75.7 Å². The summed E-state index contributed by atoms with van der Waals surface area (Å²) in [5.74, 6) is 1.05. The molecule has 6 nitrogen and oxygen atoms in total. The van der Waals surface area contributed by atoms with Gasteiger partial charge in [-0.1, -0.05) is 11.6 Å². The maximum atomic E-state index is 12.5. The molecule has 3 aromatic rings. The molecule has 1 amide bonds. The number of carbonyl (C=O) groups excluding carboxylic acids is 1. The fourth-order valence-electron chi connectivity index (χ4n) is 2.69. The van der Waals surface area contributed by atoms with E-state index in [0.717, 1.165) is 11.5 Å². The summed E-state index contributed by atoms with van der Waals surface area (Å²) >= 11 is 5.89. The number of hydrogen-bond donors (Lipinski definition) is 1. The lowest BCUT2D eigenvalue weighted by molar-refractivity contribution is 0.0911. The van der Waals surface area contributed by atoms with Crippen LogP contribution in [0.2, 0.25) is 5.02 Å². The molecule has 1 N–H and O–H groups in total. The number of furan rings is 1. The number of halogens is 2. The van der Waals surface area contributed by atoms with Gasteiger partial charge in [-0.2, -0.15) is 0 Å². The Morgan fingerprint density at radius 2 is 1.93 bits per heavy atom. The molecule has 0 radical (unpaired) electrons. The van der Waals surface area contributed by atoms with Crippen LogP contribution in [0.25, 0.3) is 11.0 Å². The van der Waals surface area contributed by atoms with E-state index in [0.29, 0.717) is 22.5 Å². The molecule has 0 bridgehead atoms. The van der Waals surface area contributed by atoms with Crippen LogP contribution in [-0.2, 0) is 0 Å². The van der Waals surface area contributed by atoms with Gasteiger partial charge < -0.3 is 14.2 Å². The highest BCUT2D eigenvalue weighted by Gasteiger charge is 2.20. The molecular weight excluding hydrogens is 391 g/mol. The minimum Gasteiger partial charge on any atom is -0.465 e. The smallest absolute Gasteiger partial charge is 0.287 e. The molecule has 0 aliphatic carbocycles. The highest BCUT2D eigenvalue weighted by molar-refractivity contribution is 6.31. The summed E-state index contributed by atoms with van der Waals surface area (Å²) < 4.78 is 11.2. The van der Waals surface area contributed by atoms with Gasteiger partial charge in [-0.05, 0) is 51.4 Å². The maximum absolute atomic E-state index is 12.5. The lowest BCUT2D eigenvalue weighted by atomic mass is 10.2. The van der Waals surface area contributed by atoms with Crippen LogP contribution < -0.4 is 10.7 Å². The molecule has 0 aliphatic heterocycles. The Hall–Kier alpha value is -2.28. The van der Waals surface area contributed by atoms with Gasteiger partial charge in [0.2, 0.25) is 0 Å². The monoisotopic (exact) mass is 410 g/mol. The van der Waals surface area contributed by atoms with Gasteiger partial charge in [0.1, 0.15) is 17.1 Å². The predicted octanol–water partition coefficient (Wildman–Crippen LogP) is 3.80. The van der Waals surface area contributed by atoms with Crippen LogP contribution in [0.4, 0.5) is 0 Å². The molecule has 0 saturated heterocycles. The molecule has 1 unspecified atom stereocenters. The number of aryl methyl sites for hydroxylation is 1. The maximum Gasteiger partial charge on any atom is 0.287 e. The van der Waals surface area contributed by atoms with Crippen LogP contribution in [0.3, 0.4) is 0 Å². The Kier molecular flexibility index (Phi) is 6.70. The third kappa shape index (κ3) is 4.71. The van der Waals surface area contributed by atoms with Crippen LogP contribution in [0.15, 0.2) is 50.0 Å². The van der Waals surface area contributed by atoms with Crippen LogP contribution in [-0.4, -0.2) is 31.4 Å². The number of nitrogens with zero attached hydrogens (tertiary/aromatic N) is 1. The standard InChI is InChI=1S/C19H19ClN2O4.ClH/c1-11-4-6-17(25-11)14(22(2)3)10-21-19(24)18-9-15(23)13-8-12(20)5-7-16(13)26-18;/h4-9,14H,10H2,1-3H3,(H,21,24);1H. The Morgan fingerprint density at radius 1 is 1.19 bits per heavy atom. The van der Waals surface area contributed by atoms with Crippen LogP contribution in [0.5, 0.6) is 0 Å². The van der Waals surface area contributed by atoms with Crippen molar-refractivity contribution in [2.24, 2.45) is 0 Å². The first kappa shape index (κ1) is 21.0. The van der Waals surface area contributed by atoms with E-state index >= 15 is 0 Å². The van der Waals surface area contributed by atoms with Gasteiger partial charge >= 0.3 is 0 Å². The van der Waals surface area contributed by atoms with Gasteiger partial charge in [-0.3, -0.25) is 14.5 Å². The van der Waals surface area contributed by atoms with E-state index in [4.69, 9.17) is 20.4 Å². The molecule has 144 valence electrons. The molecule has 2 heterocycles. The SMILES string of the molecule is Cc1ccc(C(CNC(=O)c2cc(=O)c3cc(Cl)ccc3o2)N(C)C)o1.Cl. The second-order valence-electron chi connectivity index (χ2n) is 6.25. The Morgan fingerprint density at radius 3 is 2.56 bits per heavy atom. The zero-order valence-corrected chi connectivity index (χ0v) is 16.7. The minimum absolute atomic E-state index is 0. The zero-order chi connectivity index (χ0) is 18.8. The van der Waals surface area contributed by atoms with Crippen LogP contribution >= 0.6 is 24.0 Å². The number of fused-ring (bicyclic) bond motifs is 1. The first-order valence-electron chi connectivity index (χ1n) is 8.09. The van der Waals surface area contributed by atoms with E-state index in [2.05, 4.69) is 5.32 Å². The average Bonchev–Trinajstić information content (AvgIpc) is 3.01. The van der Waals surface area contributed by atoms with Crippen molar-refractivity contribution in [2.45, 2.75) is 13.0 Å². The molecule has 1 atom stereocenters. The first-order chi connectivity index (χ1) is 12.3. The number of rotatable bonds is 5. The molecule has 0 spiro atoms. The van der Waals surface area contributed by atoms with Crippen molar-refractivity contribution in [3.05, 3.63) is 68.9 Å². The van der Waals surface area contributed by atoms with Crippen molar-refractivity contribution in [3.8, 4) is 0 Å². The van der Waals surface area contributed by atoms with E-state index in [1.165, 1.54) is 12.1 Å². The summed E-state index contributed by atoms with van der Waals surface area (Å²) in [5, 5.41) is 3.57. The van der Waals surface area contributed by atoms with Gasteiger partial charge in [-0.25, -0.2) is 0 Å². The highest BCUT2D eigenvalue weighted by atomic mass is 35.5. The van der Waals surface area contributed by atoms with Crippen LogP contribution in [0, 0.1) is 6.92 Å². The van der Waals surface area contributed by atoms with E-state index in [-0.39, 0.29) is 29.6 Å². The fraction of sp³-hybridized carbons (Fsp3) is 0.263. The molecule has 2 aromatic heterocycles. The largest absolute Gasteiger partial charge is 0.465 e. The zero-order valence-electron chi connectivity index (χ0n) is 15.1. The number of benzene rings is 1. The predicted molar refractivity (Wildman–Crippen MR) is 107 cm³/mol. The quantitative estimate of drug-likeness (QED) is 0.691. The average molecular weight is 411 g/mol. The van der Waals surface area contributed by atoms with Crippen molar-refractivity contribution < 1.29 is 13.6 Å². The third-order valence-electron chi connectivity index (χ3n) is 4.08. The second-order valence-corrected chi connectivity index (χ2v) is 6.69. The number of carbonyl (C=O) groups is 1. The summed E-state index contributed by atoms with van der Waals surface area (Å²) in [4.78, 5) is 26.6.